The van der Waals surface area contributed by atoms with Crippen LogP contribution in [0.25, 0.3) is 0 Å². The highest BCUT2D eigenvalue weighted by Crippen LogP contribution is 2.38. The molecule has 2 aromatic rings. The van der Waals surface area contributed by atoms with Gasteiger partial charge in [-0.1, -0.05) is 64.1 Å². The summed E-state index contributed by atoms with van der Waals surface area (Å²) in [5.74, 6) is -1.36. The van der Waals surface area contributed by atoms with Crippen LogP contribution in [0.5, 0.6) is 0 Å². The van der Waals surface area contributed by atoms with Gasteiger partial charge in [0.1, 0.15) is 0 Å². The van der Waals surface area contributed by atoms with E-state index in [4.69, 9.17) is 4.74 Å². The molecule has 0 aromatic heterocycles. The number of hydrogen-bond acceptors (Lipinski definition) is 4. The number of ether oxygens (including phenoxy) is 1. The van der Waals surface area contributed by atoms with E-state index in [1.54, 1.807) is 55.5 Å². The van der Waals surface area contributed by atoms with Crippen molar-refractivity contribution in [2.45, 2.75) is 52.4 Å². The molecule has 0 spiro atoms. The average Bonchev–Trinajstić information content (AvgIpc) is 3.04. The van der Waals surface area contributed by atoms with E-state index < -0.39 is 23.8 Å². The second kappa shape index (κ2) is 8.92. The van der Waals surface area contributed by atoms with Gasteiger partial charge in [-0.2, -0.15) is 0 Å². The van der Waals surface area contributed by atoms with Crippen molar-refractivity contribution in [3.63, 3.8) is 0 Å². The lowest BCUT2D eigenvalue weighted by atomic mass is 9.82. The first-order valence-corrected chi connectivity index (χ1v) is 10.6. The Labute approximate surface area is 183 Å². The van der Waals surface area contributed by atoms with E-state index in [1.165, 1.54) is 4.90 Å². The standard InChI is InChI=1S/C25H30N2O4/c1-16(2)20(26-21(28)18-12-8-6-9-13-18)25(5)24(30)31-23(17(3)4)27(25)22(29)19-14-10-7-11-15-19/h6-17,20,23H,1-5H3,(H,26,28)/t20-,23+,25-/m0/s1. The van der Waals surface area contributed by atoms with Crippen LogP contribution in [0.2, 0.25) is 0 Å². The molecule has 1 saturated heterocycles. The summed E-state index contributed by atoms with van der Waals surface area (Å²) in [5.41, 5.74) is -0.403. The minimum Gasteiger partial charge on any atom is -0.439 e. The highest BCUT2D eigenvalue weighted by Gasteiger charge is 2.60. The largest absolute Gasteiger partial charge is 0.439 e. The number of benzene rings is 2. The molecule has 3 rings (SSSR count). The predicted octanol–water partition coefficient (Wildman–Crippen LogP) is 3.88. The minimum absolute atomic E-state index is 0.115. The van der Waals surface area contributed by atoms with Gasteiger partial charge in [-0.25, -0.2) is 4.79 Å². The zero-order chi connectivity index (χ0) is 22.8. The highest BCUT2D eigenvalue weighted by atomic mass is 16.6. The number of esters is 1. The van der Waals surface area contributed by atoms with Crippen LogP contribution >= 0.6 is 0 Å². The van der Waals surface area contributed by atoms with Crippen LogP contribution in [-0.2, 0) is 9.53 Å². The van der Waals surface area contributed by atoms with Crippen molar-refractivity contribution < 1.29 is 19.1 Å². The molecule has 2 amide bonds. The van der Waals surface area contributed by atoms with Crippen LogP contribution in [0.15, 0.2) is 60.7 Å². The number of carbonyl (C=O) groups excluding carboxylic acids is 3. The predicted molar refractivity (Wildman–Crippen MR) is 118 cm³/mol. The molecule has 1 N–H and O–H groups in total. The van der Waals surface area contributed by atoms with E-state index in [0.29, 0.717) is 11.1 Å². The van der Waals surface area contributed by atoms with E-state index in [2.05, 4.69) is 5.32 Å². The molecule has 2 aromatic carbocycles. The van der Waals surface area contributed by atoms with Gasteiger partial charge < -0.3 is 10.1 Å². The Morgan fingerprint density at radius 3 is 1.94 bits per heavy atom. The SMILES string of the molecule is CC(C)[C@H]1OC(=O)[C@](C)([C@@H](NC(=O)c2ccccc2)C(C)C)N1C(=O)c1ccccc1. The topological polar surface area (TPSA) is 75.7 Å². The maximum Gasteiger partial charge on any atom is 0.336 e. The van der Waals surface area contributed by atoms with Crippen molar-refractivity contribution in [3.05, 3.63) is 71.8 Å². The van der Waals surface area contributed by atoms with Crippen molar-refractivity contribution in [2.24, 2.45) is 11.8 Å². The van der Waals surface area contributed by atoms with E-state index in [1.807, 2.05) is 39.8 Å². The monoisotopic (exact) mass is 422 g/mol. The zero-order valence-electron chi connectivity index (χ0n) is 18.7. The molecule has 3 atom stereocenters. The first-order chi connectivity index (χ1) is 14.7. The maximum absolute atomic E-state index is 13.6. The van der Waals surface area contributed by atoms with Gasteiger partial charge in [0.05, 0.1) is 6.04 Å². The molecule has 31 heavy (non-hydrogen) atoms. The lowest BCUT2D eigenvalue weighted by molar-refractivity contribution is -0.147. The lowest BCUT2D eigenvalue weighted by Crippen LogP contribution is -2.65. The number of hydrogen-bond donors (Lipinski definition) is 1. The summed E-state index contributed by atoms with van der Waals surface area (Å²) in [6.45, 7) is 9.34. The fourth-order valence-electron chi connectivity index (χ4n) is 4.17. The molecule has 0 bridgehead atoms. The van der Waals surface area contributed by atoms with Gasteiger partial charge in [-0.05, 0) is 37.1 Å². The van der Waals surface area contributed by atoms with Crippen molar-refractivity contribution in [2.75, 3.05) is 0 Å². The number of amides is 2. The van der Waals surface area contributed by atoms with Crippen LogP contribution in [0.4, 0.5) is 0 Å². The second-order valence-electron chi connectivity index (χ2n) is 8.79. The second-order valence-corrected chi connectivity index (χ2v) is 8.79. The van der Waals surface area contributed by atoms with Gasteiger partial charge >= 0.3 is 5.97 Å². The Morgan fingerprint density at radius 2 is 1.45 bits per heavy atom. The van der Waals surface area contributed by atoms with E-state index >= 15 is 0 Å². The molecule has 1 aliphatic rings. The van der Waals surface area contributed by atoms with Gasteiger partial charge in [0.15, 0.2) is 11.8 Å². The van der Waals surface area contributed by atoms with Gasteiger partial charge in [0, 0.05) is 17.0 Å². The number of nitrogens with one attached hydrogen (secondary N) is 1. The third kappa shape index (κ3) is 4.20. The lowest BCUT2D eigenvalue weighted by Gasteiger charge is -2.42. The first-order valence-electron chi connectivity index (χ1n) is 10.6. The quantitative estimate of drug-likeness (QED) is 0.717. The average molecular weight is 423 g/mol. The maximum atomic E-state index is 13.6. The van der Waals surface area contributed by atoms with Crippen molar-refractivity contribution in [3.8, 4) is 0 Å². The molecule has 1 fully saturated rings. The molecule has 0 saturated carbocycles. The number of rotatable bonds is 6. The Morgan fingerprint density at radius 1 is 0.935 bits per heavy atom. The Bertz CT molecular complexity index is 943. The fourth-order valence-corrected chi connectivity index (χ4v) is 4.17. The number of cyclic esters (lactones) is 1. The highest BCUT2D eigenvalue weighted by molar-refractivity contribution is 6.01. The van der Waals surface area contributed by atoms with Crippen LogP contribution in [-0.4, -0.2) is 40.5 Å². The summed E-state index contributed by atoms with van der Waals surface area (Å²) < 4.78 is 5.73. The summed E-state index contributed by atoms with van der Waals surface area (Å²) in [6.07, 6.45) is -0.722. The molecule has 0 radical (unpaired) electrons. The van der Waals surface area contributed by atoms with E-state index in [-0.39, 0.29) is 23.7 Å². The fraction of sp³-hybridized carbons (Fsp3) is 0.400. The Kier molecular flexibility index (Phi) is 6.48. The van der Waals surface area contributed by atoms with Crippen LogP contribution in [0.3, 0.4) is 0 Å². The van der Waals surface area contributed by atoms with Gasteiger partial charge in [-0.15, -0.1) is 0 Å². The van der Waals surface area contributed by atoms with Crippen LogP contribution in [0, 0.1) is 11.8 Å². The molecule has 1 heterocycles. The van der Waals surface area contributed by atoms with Crippen molar-refractivity contribution >= 4 is 17.8 Å². The molecule has 164 valence electrons. The van der Waals surface area contributed by atoms with E-state index in [0.717, 1.165) is 0 Å². The summed E-state index contributed by atoms with van der Waals surface area (Å²) in [7, 11) is 0. The summed E-state index contributed by atoms with van der Waals surface area (Å²) in [6, 6.07) is 17.0. The zero-order valence-corrected chi connectivity index (χ0v) is 18.7. The first kappa shape index (κ1) is 22.5. The minimum atomic E-state index is -1.36. The van der Waals surface area contributed by atoms with Crippen molar-refractivity contribution in [1.82, 2.24) is 10.2 Å². The third-order valence-electron chi connectivity index (χ3n) is 5.80. The van der Waals surface area contributed by atoms with Crippen LogP contribution < -0.4 is 5.32 Å². The third-order valence-corrected chi connectivity index (χ3v) is 5.80. The molecule has 0 aliphatic carbocycles. The molecular formula is C25H30N2O4. The molecule has 1 aliphatic heterocycles. The van der Waals surface area contributed by atoms with Gasteiger partial charge in [-0.3, -0.25) is 14.5 Å². The summed E-state index contributed by atoms with van der Waals surface area (Å²) in [4.78, 5) is 41.3. The van der Waals surface area contributed by atoms with Crippen LogP contribution in [0.1, 0.15) is 55.3 Å². The molecule has 6 nitrogen and oxygen atoms in total. The van der Waals surface area contributed by atoms with Crippen molar-refractivity contribution in [1.29, 1.82) is 0 Å². The summed E-state index contributed by atoms with van der Waals surface area (Å²) in [5, 5.41) is 3.01. The normalized spacial score (nSPS) is 21.8. The summed E-state index contributed by atoms with van der Waals surface area (Å²) >= 11 is 0. The smallest absolute Gasteiger partial charge is 0.336 e. The number of nitrogens with zero attached hydrogens (tertiary/aromatic N) is 1. The Hall–Kier alpha value is -3.15. The van der Waals surface area contributed by atoms with Gasteiger partial charge in [0.25, 0.3) is 11.8 Å². The van der Waals surface area contributed by atoms with E-state index in [9.17, 15) is 14.4 Å². The Balaban J connectivity index is 2.04. The molecule has 6 heteroatoms. The molecular weight excluding hydrogens is 392 g/mol. The number of carbonyl (C=O) groups is 3. The molecule has 0 unspecified atom stereocenters. The van der Waals surface area contributed by atoms with Gasteiger partial charge in [0.2, 0.25) is 0 Å².